The highest BCUT2D eigenvalue weighted by molar-refractivity contribution is 7.80. The Morgan fingerprint density at radius 2 is 1.74 bits per heavy atom. The molecule has 0 saturated carbocycles. The maximum atomic E-state index is 13.3. The molecule has 5 N–H and O–H groups in total. The lowest BCUT2D eigenvalue weighted by Gasteiger charge is -2.37. The number of carbonyl (C=O) groups excluding carboxylic acids is 2. The Balaban J connectivity index is 0.000000481. The Bertz CT molecular complexity index is 1190. The molecule has 0 aromatic heterocycles. The maximum absolute atomic E-state index is 13.3. The summed E-state index contributed by atoms with van der Waals surface area (Å²) in [4.78, 5) is 26.4. The van der Waals surface area contributed by atoms with E-state index < -0.39 is 15.9 Å². The van der Waals surface area contributed by atoms with Crippen LogP contribution >= 0.6 is 0 Å². The van der Waals surface area contributed by atoms with Crippen molar-refractivity contribution in [3.63, 3.8) is 0 Å². The minimum Gasteiger partial charge on any atom is -0.507 e. The monoisotopic (exact) mass is 492 g/mol. The van der Waals surface area contributed by atoms with Gasteiger partial charge in [0.05, 0.1) is 25.4 Å². The standard InChI is InChI=1S/C22H24N2O4.CH4O4S/c1-2-22(23,11-13-12-24-9-10-28-13)16-7-8-17(25)19-18(16)20(26)14-5-3-4-6-15(14)21(19)27;1-5-6(2,3)4/h3-8,13,24-25H,2,9-12,23H2,1H3;1H3,(H,2,3,4). The molecule has 2 aromatic carbocycles. The van der Waals surface area contributed by atoms with Crippen LogP contribution in [-0.2, 0) is 24.9 Å². The molecule has 0 bridgehead atoms. The summed E-state index contributed by atoms with van der Waals surface area (Å²) in [5.41, 5.74) is 7.46. The van der Waals surface area contributed by atoms with Crippen LogP contribution in [-0.4, -0.2) is 62.6 Å². The molecule has 0 amide bonds. The first-order valence-electron chi connectivity index (χ1n) is 10.7. The fourth-order valence-electron chi connectivity index (χ4n) is 4.22. The number of phenolic OH excluding ortho intramolecular Hbond substituents is 1. The van der Waals surface area contributed by atoms with Gasteiger partial charge in [-0.3, -0.25) is 18.3 Å². The molecule has 10 nitrogen and oxygen atoms in total. The van der Waals surface area contributed by atoms with Crippen LogP contribution in [0.15, 0.2) is 36.4 Å². The summed E-state index contributed by atoms with van der Waals surface area (Å²) in [6.07, 6.45) is 0.995. The molecule has 0 spiro atoms. The summed E-state index contributed by atoms with van der Waals surface area (Å²) in [6.45, 7) is 4.06. The average molecular weight is 493 g/mol. The van der Waals surface area contributed by atoms with Gasteiger partial charge in [0.2, 0.25) is 0 Å². The van der Waals surface area contributed by atoms with E-state index in [4.69, 9.17) is 15.0 Å². The summed E-state index contributed by atoms with van der Waals surface area (Å²) >= 11 is 0. The highest BCUT2D eigenvalue weighted by Crippen LogP contribution is 2.40. The molecular formula is C23H28N2O8S. The molecule has 2 aromatic rings. The second kappa shape index (κ2) is 10.3. The van der Waals surface area contributed by atoms with E-state index >= 15 is 0 Å². The van der Waals surface area contributed by atoms with Crippen molar-refractivity contribution >= 4 is 22.0 Å². The van der Waals surface area contributed by atoms with Crippen LogP contribution < -0.4 is 11.1 Å². The number of nitrogens with one attached hydrogen (secondary N) is 1. The van der Waals surface area contributed by atoms with Gasteiger partial charge in [-0.05, 0) is 24.5 Å². The van der Waals surface area contributed by atoms with Crippen molar-refractivity contribution < 1.29 is 36.6 Å². The van der Waals surface area contributed by atoms with Gasteiger partial charge in [0.25, 0.3) is 0 Å². The first-order chi connectivity index (χ1) is 16.0. The van der Waals surface area contributed by atoms with Crippen LogP contribution in [0.1, 0.15) is 57.2 Å². The molecule has 1 aliphatic carbocycles. The third-order valence-corrected chi connectivity index (χ3v) is 6.45. The van der Waals surface area contributed by atoms with Gasteiger partial charge in [-0.2, -0.15) is 8.42 Å². The number of phenols is 1. The molecule has 1 heterocycles. The number of hydrogen-bond acceptors (Lipinski definition) is 9. The fourth-order valence-corrected chi connectivity index (χ4v) is 4.22. The Morgan fingerprint density at radius 1 is 1.15 bits per heavy atom. The van der Waals surface area contributed by atoms with Crippen LogP contribution in [0.25, 0.3) is 0 Å². The Labute approximate surface area is 198 Å². The number of ether oxygens (including phenoxy) is 1. The molecule has 4 rings (SSSR count). The molecule has 1 saturated heterocycles. The Hall–Kier alpha value is -2.67. The summed E-state index contributed by atoms with van der Waals surface area (Å²) in [6, 6.07) is 9.83. The molecule has 2 atom stereocenters. The fraction of sp³-hybridized carbons (Fsp3) is 0.391. The summed E-state index contributed by atoms with van der Waals surface area (Å²) in [5, 5.41) is 13.7. The van der Waals surface area contributed by atoms with Gasteiger partial charge < -0.3 is 20.9 Å². The van der Waals surface area contributed by atoms with Crippen molar-refractivity contribution in [1.29, 1.82) is 0 Å². The first kappa shape index (κ1) is 25.9. The van der Waals surface area contributed by atoms with Crippen LogP contribution in [0.2, 0.25) is 0 Å². The van der Waals surface area contributed by atoms with Crippen LogP contribution in [0.4, 0.5) is 0 Å². The van der Waals surface area contributed by atoms with Crippen molar-refractivity contribution in [3.8, 4) is 5.75 Å². The lowest BCUT2D eigenvalue weighted by atomic mass is 9.74. The number of morpholine rings is 1. The number of benzene rings is 2. The molecule has 2 unspecified atom stereocenters. The number of hydrogen-bond donors (Lipinski definition) is 4. The predicted octanol–water partition coefficient (Wildman–Crippen LogP) is 1.55. The smallest absolute Gasteiger partial charge is 0.397 e. The third kappa shape index (κ3) is 5.35. The van der Waals surface area contributed by atoms with E-state index in [-0.39, 0.29) is 34.5 Å². The lowest BCUT2D eigenvalue weighted by molar-refractivity contribution is 0.00823. The maximum Gasteiger partial charge on any atom is 0.397 e. The van der Waals surface area contributed by atoms with E-state index in [1.165, 1.54) is 6.07 Å². The zero-order chi connectivity index (χ0) is 25.1. The zero-order valence-corrected chi connectivity index (χ0v) is 19.7. The molecule has 11 heteroatoms. The SMILES string of the molecule is CCC(N)(CC1CNCCO1)c1ccc(O)c2c1C(=O)c1ccccc1C2=O.COS(=O)(=O)O. The first-order valence-corrected chi connectivity index (χ1v) is 12.1. The quantitative estimate of drug-likeness (QED) is 0.384. The minimum atomic E-state index is -4.16. The zero-order valence-electron chi connectivity index (χ0n) is 18.9. The van der Waals surface area contributed by atoms with E-state index in [0.717, 1.165) is 13.7 Å². The molecule has 2 aliphatic rings. The minimum absolute atomic E-state index is 0.0483. The predicted molar refractivity (Wildman–Crippen MR) is 123 cm³/mol. The lowest BCUT2D eigenvalue weighted by Crippen LogP contribution is -2.47. The third-order valence-electron chi connectivity index (χ3n) is 6.03. The summed E-state index contributed by atoms with van der Waals surface area (Å²) in [7, 11) is -3.29. The van der Waals surface area contributed by atoms with Crippen molar-refractivity contribution in [2.45, 2.75) is 31.4 Å². The Morgan fingerprint density at radius 3 is 2.24 bits per heavy atom. The highest BCUT2D eigenvalue weighted by atomic mass is 32.3. The second-order valence-corrected chi connectivity index (χ2v) is 9.28. The molecule has 34 heavy (non-hydrogen) atoms. The molecule has 184 valence electrons. The number of carbonyl (C=O) groups is 2. The van der Waals surface area contributed by atoms with Gasteiger partial charge in [-0.25, -0.2) is 0 Å². The number of fused-ring (bicyclic) bond motifs is 2. The van der Waals surface area contributed by atoms with E-state index in [1.54, 1.807) is 30.3 Å². The molecule has 0 radical (unpaired) electrons. The normalized spacial score (nSPS) is 19.4. The van der Waals surface area contributed by atoms with Gasteiger partial charge in [0, 0.05) is 35.3 Å². The van der Waals surface area contributed by atoms with Gasteiger partial charge >= 0.3 is 10.4 Å². The number of rotatable bonds is 5. The second-order valence-electron chi connectivity index (χ2n) is 8.09. The topological polar surface area (TPSA) is 165 Å². The number of nitrogens with two attached hydrogens (primary N) is 1. The summed E-state index contributed by atoms with van der Waals surface area (Å²) < 4.78 is 35.5. The van der Waals surface area contributed by atoms with Gasteiger partial charge in [-0.15, -0.1) is 0 Å². The van der Waals surface area contributed by atoms with Gasteiger partial charge in [0.1, 0.15) is 5.75 Å². The number of aromatic hydroxyl groups is 1. The average Bonchev–Trinajstić information content (AvgIpc) is 2.83. The van der Waals surface area contributed by atoms with E-state index in [9.17, 15) is 23.1 Å². The van der Waals surface area contributed by atoms with Crippen molar-refractivity contribution in [3.05, 3.63) is 64.2 Å². The van der Waals surface area contributed by atoms with Gasteiger partial charge in [0.15, 0.2) is 11.6 Å². The van der Waals surface area contributed by atoms with E-state index in [0.29, 0.717) is 42.7 Å². The van der Waals surface area contributed by atoms with E-state index in [2.05, 4.69) is 9.50 Å². The number of ketones is 2. The highest BCUT2D eigenvalue weighted by Gasteiger charge is 2.40. The molecule has 1 aliphatic heterocycles. The Kier molecular flexibility index (Phi) is 7.86. The van der Waals surface area contributed by atoms with Crippen LogP contribution in [0, 0.1) is 0 Å². The van der Waals surface area contributed by atoms with Crippen LogP contribution in [0.3, 0.4) is 0 Å². The van der Waals surface area contributed by atoms with Crippen molar-refractivity contribution in [2.24, 2.45) is 5.73 Å². The molecule has 1 fully saturated rings. The van der Waals surface area contributed by atoms with Crippen LogP contribution in [0.5, 0.6) is 5.75 Å². The molecular weight excluding hydrogens is 464 g/mol. The van der Waals surface area contributed by atoms with Crippen molar-refractivity contribution in [1.82, 2.24) is 5.32 Å². The van der Waals surface area contributed by atoms with Crippen molar-refractivity contribution in [2.75, 3.05) is 26.8 Å². The summed E-state index contributed by atoms with van der Waals surface area (Å²) in [5.74, 6) is -0.818. The van der Waals surface area contributed by atoms with E-state index in [1.807, 2.05) is 6.92 Å². The largest absolute Gasteiger partial charge is 0.507 e. The van der Waals surface area contributed by atoms with Gasteiger partial charge in [-0.1, -0.05) is 37.3 Å².